The summed E-state index contributed by atoms with van der Waals surface area (Å²) < 4.78 is 0. The smallest absolute Gasteiger partial charge is 0.338 e. The number of carbonyl (C=O) groups is 1. The Labute approximate surface area is 127 Å². The number of aromatic carboxylic acids is 1. The zero-order valence-electron chi connectivity index (χ0n) is 11.9. The average Bonchev–Trinajstić information content (AvgIpc) is 2.91. The van der Waals surface area contributed by atoms with Crippen molar-refractivity contribution in [1.29, 1.82) is 0 Å². The second-order valence-corrected chi connectivity index (χ2v) is 6.38. The van der Waals surface area contributed by atoms with Gasteiger partial charge in [0.05, 0.1) is 5.56 Å². The predicted octanol–water partition coefficient (Wildman–Crippen LogP) is 3.15. The molecule has 2 aromatic rings. The molecule has 110 valence electrons. The molecule has 1 aliphatic rings. The minimum absolute atomic E-state index is 0.237. The van der Waals surface area contributed by atoms with Crippen molar-refractivity contribution in [3.63, 3.8) is 0 Å². The zero-order valence-corrected chi connectivity index (χ0v) is 12.7. The second kappa shape index (κ2) is 5.50. The van der Waals surface area contributed by atoms with Crippen LogP contribution < -0.4 is 5.73 Å². The van der Waals surface area contributed by atoms with Gasteiger partial charge in [-0.2, -0.15) is 0 Å². The van der Waals surface area contributed by atoms with Gasteiger partial charge in [0.2, 0.25) is 0 Å². The Morgan fingerprint density at radius 3 is 3.05 bits per heavy atom. The summed E-state index contributed by atoms with van der Waals surface area (Å²) in [4.78, 5) is 15.2. The number of nitrogens with two attached hydrogens (primary N) is 1. The molecule has 0 saturated carbocycles. The Balaban J connectivity index is 1.89. The first kappa shape index (κ1) is 14.1. The number of nitrogen functional groups attached to an aromatic ring is 1. The van der Waals surface area contributed by atoms with E-state index < -0.39 is 5.97 Å². The third-order valence-electron chi connectivity index (χ3n) is 4.17. The van der Waals surface area contributed by atoms with Gasteiger partial charge in [-0.05, 0) is 42.0 Å². The van der Waals surface area contributed by atoms with Crippen LogP contribution >= 0.6 is 11.3 Å². The molecule has 1 unspecified atom stereocenters. The molecule has 3 N–H and O–H groups in total. The van der Waals surface area contributed by atoms with Crippen LogP contribution in [0.5, 0.6) is 0 Å². The van der Waals surface area contributed by atoms with Gasteiger partial charge >= 0.3 is 5.97 Å². The molecule has 0 fully saturated rings. The molecule has 0 aliphatic carbocycles. The lowest BCUT2D eigenvalue weighted by Crippen LogP contribution is -2.33. The van der Waals surface area contributed by atoms with Crippen molar-refractivity contribution in [1.82, 2.24) is 4.90 Å². The molecule has 0 spiro atoms. The van der Waals surface area contributed by atoms with E-state index in [4.69, 9.17) is 5.73 Å². The summed E-state index contributed by atoms with van der Waals surface area (Å²) in [7, 11) is 0. The molecule has 4 nitrogen and oxygen atoms in total. The Kier molecular flexibility index (Phi) is 3.69. The Morgan fingerprint density at radius 1 is 1.48 bits per heavy atom. The van der Waals surface area contributed by atoms with Crippen LogP contribution in [0.25, 0.3) is 0 Å². The fraction of sp³-hybridized carbons (Fsp3) is 0.312. The highest BCUT2D eigenvalue weighted by Gasteiger charge is 2.26. The van der Waals surface area contributed by atoms with Gasteiger partial charge in [0.15, 0.2) is 0 Å². The molecule has 1 atom stereocenters. The molecular formula is C16H18N2O2S. The summed E-state index contributed by atoms with van der Waals surface area (Å²) >= 11 is 1.81. The van der Waals surface area contributed by atoms with Gasteiger partial charge in [0.25, 0.3) is 0 Å². The topological polar surface area (TPSA) is 66.6 Å². The van der Waals surface area contributed by atoms with Crippen LogP contribution in [0, 0.1) is 0 Å². The fourth-order valence-corrected chi connectivity index (χ4v) is 3.97. The van der Waals surface area contributed by atoms with Crippen LogP contribution in [0.3, 0.4) is 0 Å². The van der Waals surface area contributed by atoms with Crippen LogP contribution in [0.2, 0.25) is 0 Å². The standard InChI is InChI=1S/C16H18N2O2S/c1-10-12-6-8-21-14(12)5-7-18(10)9-11-3-2-4-13(17)15(11)16(19)20/h2-4,6,8,10H,5,7,9,17H2,1H3,(H,19,20). The number of hydrogen-bond donors (Lipinski definition) is 2. The molecule has 0 amide bonds. The molecule has 5 heteroatoms. The maximum atomic E-state index is 11.4. The van der Waals surface area contributed by atoms with E-state index >= 15 is 0 Å². The van der Waals surface area contributed by atoms with E-state index in [9.17, 15) is 9.90 Å². The van der Waals surface area contributed by atoms with Gasteiger partial charge in [0.1, 0.15) is 0 Å². The van der Waals surface area contributed by atoms with Crippen molar-refractivity contribution in [2.45, 2.75) is 25.9 Å². The van der Waals surface area contributed by atoms with Crippen molar-refractivity contribution >= 4 is 23.0 Å². The Bertz CT molecular complexity index is 681. The number of nitrogens with zero attached hydrogens (tertiary/aromatic N) is 1. The first-order chi connectivity index (χ1) is 10.1. The van der Waals surface area contributed by atoms with Crippen LogP contribution in [0.1, 0.15) is 39.3 Å². The number of benzene rings is 1. The van der Waals surface area contributed by atoms with Crippen molar-refractivity contribution in [2.75, 3.05) is 12.3 Å². The highest BCUT2D eigenvalue weighted by atomic mass is 32.1. The number of anilines is 1. The fourth-order valence-electron chi connectivity index (χ4n) is 3.01. The normalized spacial score (nSPS) is 18.4. The summed E-state index contributed by atoms with van der Waals surface area (Å²) in [6, 6.07) is 7.80. The molecule has 2 heterocycles. The van der Waals surface area contributed by atoms with Gasteiger partial charge in [-0.3, -0.25) is 4.90 Å². The Morgan fingerprint density at radius 2 is 2.29 bits per heavy atom. The zero-order chi connectivity index (χ0) is 15.0. The van der Waals surface area contributed by atoms with Crippen LogP contribution in [-0.4, -0.2) is 22.5 Å². The lowest BCUT2D eigenvalue weighted by atomic mass is 9.99. The SMILES string of the molecule is CC1c2ccsc2CCN1Cc1cccc(N)c1C(=O)O. The van der Waals surface area contributed by atoms with E-state index in [1.807, 2.05) is 23.5 Å². The van der Waals surface area contributed by atoms with Crippen LogP contribution in [0.15, 0.2) is 29.6 Å². The number of rotatable bonds is 3. The third kappa shape index (κ3) is 2.54. The van der Waals surface area contributed by atoms with E-state index in [0.29, 0.717) is 18.3 Å². The maximum absolute atomic E-state index is 11.4. The van der Waals surface area contributed by atoms with Crippen molar-refractivity contribution < 1.29 is 9.90 Å². The van der Waals surface area contributed by atoms with Crippen molar-refractivity contribution in [2.24, 2.45) is 0 Å². The highest BCUT2D eigenvalue weighted by Crippen LogP contribution is 2.34. The molecule has 3 rings (SSSR count). The van der Waals surface area contributed by atoms with Crippen molar-refractivity contribution in [3.8, 4) is 0 Å². The summed E-state index contributed by atoms with van der Waals surface area (Å²) in [6.07, 6.45) is 1.03. The van der Waals surface area contributed by atoms with E-state index in [2.05, 4.69) is 23.3 Å². The number of carboxylic acid groups (broad SMARTS) is 1. The molecule has 0 bridgehead atoms. The molecule has 1 aromatic carbocycles. The van der Waals surface area contributed by atoms with E-state index in [0.717, 1.165) is 18.5 Å². The molecular weight excluding hydrogens is 284 g/mol. The van der Waals surface area contributed by atoms with E-state index in [1.165, 1.54) is 10.4 Å². The van der Waals surface area contributed by atoms with Gasteiger partial charge in [-0.25, -0.2) is 4.79 Å². The quantitative estimate of drug-likeness (QED) is 0.855. The van der Waals surface area contributed by atoms with Crippen molar-refractivity contribution in [3.05, 3.63) is 51.2 Å². The Hall–Kier alpha value is -1.85. The van der Waals surface area contributed by atoms with Gasteiger partial charge < -0.3 is 10.8 Å². The first-order valence-corrected chi connectivity index (χ1v) is 7.87. The first-order valence-electron chi connectivity index (χ1n) is 6.99. The lowest BCUT2D eigenvalue weighted by molar-refractivity contribution is 0.0694. The third-order valence-corrected chi connectivity index (χ3v) is 5.17. The summed E-state index contributed by atoms with van der Waals surface area (Å²) in [5.74, 6) is -0.955. The molecule has 0 saturated heterocycles. The van der Waals surface area contributed by atoms with E-state index in [1.54, 1.807) is 6.07 Å². The summed E-state index contributed by atoms with van der Waals surface area (Å²) in [5, 5.41) is 11.5. The summed E-state index contributed by atoms with van der Waals surface area (Å²) in [5.41, 5.74) is 8.55. The van der Waals surface area contributed by atoms with Gasteiger partial charge in [-0.1, -0.05) is 12.1 Å². The monoisotopic (exact) mass is 302 g/mol. The van der Waals surface area contributed by atoms with E-state index in [-0.39, 0.29) is 5.56 Å². The molecule has 1 aliphatic heterocycles. The maximum Gasteiger partial charge on any atom is 0.338 e. The largest absolute Gasteiger partial charge is 0.478 e. The second-order valence-electron chi connectivity index (χ2n) is 5.38. The molecule has 21 heavy (non-hydrogen) atoms. The number of hydrogen-bond acceptors (Lipinski definition) is 4. The predicted molar refractivity (Wildman–Crippen MR) is 84.7 cm³/mol. The highest BCUT2D eigenvalue weighted by molar-refractivity contribution is 7.10. The molecule has 0 radical (unpaired) electrons. The molecule has 1 aromatic heterocycles. The number of thiophene rings is 1. The summed E-state index contributed by atoms with van der Waals surface area (Å²) in [6.45, 7) is 3.74. The number of fused-ring (bicyclic) bond motifs is 1. The van der Waals surface area contributed by atoms with Crippen LogP contribution in [0.4, 0.5) is 5.69 Å². The van der Waals surface area contributed by atoms with Gasteiger partial charge in [-0.15, -0.1) is 11.3 Å². The van der Waals surface area contributed by atoms with Crippen LogP contribution in [-0.2, 0) is 13.0 Å². The minimum Gasteiger partial charge on any atom is -0.478 e. The van der Waals surface area contributed by atoms with Gasteiger partial charge in [0, 0.05) is 29.7 Å². The average molecular weight is 302 g/mol. The lowest BCUT2D eigenvalue weighted by Gasteiger charge is -2.34. The number of carboxylic acids is 1. The minimum atomic E-state index is -0.955.